The van der Waals surface area contributed by atoms with Crippen LogP contribution in [-0.2, 0) is 4.74 Å². The molecule has 0 aliphatic carbocycles. The van der Waals surface area contributed by atoms with Crippen LogP contribution in [0.5, 0.6) is 0 Å². The summed E-state index contributed by atoms with van der Waals surface area (Å²) in [6.45, 7) is 4.05. The van der Waals surface area contributed by atoms with Crippen molar-refractivity contribution in [3.63, 3.8) is 0 Å². The minimum absolute atomic E-state index is 0.0556. The fourth-order valence-corrected chi connectivity index (χ4v) is 2.28. The molecule has 0 fully saturated rings. The molecule has 7 heteroatoms. The molecule has 26 heavy (non-hydrogen) atoms. The van der Waals surface area contributed by atoms with Gasteiger partial charge in [0.1, 0.15) is 6.33 Å². The number of nitrogens with one attached hydrogen (secondary N) is 1. The van der Waals surface area contributed by atoms with E-state index in [1.54, 1.807) is 31.2 Å². The van der Waals surface area contributed by atoms with Crippen molar-refractivity contribution in [2.45, 2.75) is 13.8 Å². The average molecular weight is 350 g/mol. The average Bonchev–Trinajstić information content (AvgIpc) is 3.13. The van der Waals surface area contributed by atoms with Crippen LogP contribution in [0.3, 0.4) is 0 Å². The molecule has 1 heterocycles. The maximum Gasteiger partial charge on any atom is 0.338 e. The molecule has 7 nitrogen and oxygen atoms in total. The number of ether oxygens (including phenoxy) is 1. The summed E-state index contributed by atoms with van der Waals surface area (Å²) in [5, 5.41) is 6.90. The highest BCUT2D eigenvalue weighted by atomic mass is 16.5. The Morgan fingerprint density at radius 1 is 1.08 bits per heavy atom. The SMILES string of the molecule is CCOC(=O)c1ccc(NC(=O)c2ncn(-c3ccc(C)cc3)n2)cc1. The van der Waals surface area contributed by atoms with Gasteiger partial charge in [0.25, 0.3) is 5.91 Å². The van der Waals surface area contributed by atoms with Gasteiger partial charge in [-0.1, -0.05) is 17.7 Å². The molecular weight excluding hydrogens is 332 g/mol. The first-order valence-electron chi connectivity index (χ1n) is 8.14. The molecule has 1 amide bonds. The van der Waals surface area contributed by atoms with Gasteiger partial charge in [-0.3, -0.25) is 4.79 Å². The topological polar surface area (TPSA) is 86.1 Å². The lowest BCUT2D eigenvalue weighted by Crippen LogP contribution is -2.14. The van der Waals surface area contributed by atoms with Crippen LogP contribution in [0.2, 0.25) is 0 Å². The van der Waals surface area contributed by atoms with Crippen molar-refractivity contribution in [3.05, 3.63) is 71.8 Å². The lowest BCUT2D eigenvalue weighted by molar-refractivity contribution is 0.0526. The predicted octanol–water partition coefficient (Wildman–Crippen LogP) is 3.00. The van der Waals surface area contributed by atoms with E-state index in [9.17, 15) is 9.59 Å². The van der Waals surface area contributed by atoms with Crippen LogP contribution >= 0.6 is 0 Å². The molecule has 0 aliphatic heterocycles. The van der Waals surface area contributed by atoms with Crippen LogP contribution in [-0.4, -0.2) is 33.2 Å². The molecule has 0 spiro atoms. The summed E-state index contributed by atoms with van der Waals surface area (Å²) >= 11 is 0. The molecular formula is C19H18N4O3. The zero-order valence-corrected chi connectivity index (χ0v) is 14.5. The number of aryl methyl sites for hydroxylation is 1. The lowest BCUT2D eigenvalue weighted by Gasteiger charge is -2.05. The fraction of sp³-hybridized carbons (Fsp3) is 0.158. The number of esters is 1. The normalized spacial score (nSPS) is 10.4. The van der Waals surface area contributed by atoms with Crippen LogP contribution in [0.25, 0.3) is 5.69 Å². The maximum absolute atomic E-state index is 12.3. The Balaban J connectivity index is 1.68. The van der Waals surface area contributed by atoms with Gasteiger partial charge in [0.2, 0.25) is 5.82 Å². The van der Waals surface area contributed by atoms with E-state index in [0.717, 1.165) is 11.3 Å². The maximum atomic E-state index is 12.3. The van der Waals surface area contributed by atoms with Crippen molar-refractivity contribution in [1.82, 2.24) is 14.8 Å². The van der Waals surface area contributed by atoms with Gasteiger partial charge in [0, 0.05) is 5.69 Å². The summed E-state index contributed by atoms with van der Waals surface area (Å²) in [5.41, 5.74) is 2.92. The first-order valence-corrected chi connectivity index (χ1v) is 8.14. The minimum Gasteiger partial charge on any atom is -0.462 e. The Kier molecular flexibility index (Phi) is 5.07. The van der Waals surface area contributed by atoms with Crippen LogP contribution in [0.1, 0.15) is 33.5 Å². The zero-order chi connectivity index (χ0) is 18.5. The molecule has 0 saturated heterocycles. The Labute approximate surface area is 150 Å². The van der Waals surface area contributed by atoms with E-state index < -0.39 is 11.9 Å². The van der Waals surface area contributed by atoms with Gasteiger partial charge in [-0.15, -0.1) is 5.10 Å². The van der Waals surface area contributed by atoms with Crippen LogP contribution in [0.15, 0.2) is 54.9 Å². The molecule has 0 atom stereocenters. The van der Waals surface area contributed by atoms with Gasteiger partial charge >= 0.3 is 5.97 Å². The quantitative estimate of drug-likeness (QED) is 0.715. The van der Waals surface area contributed by atoms with Crippen LogP contribution in [0, 0.1) is 6.92 Å². The van der Waals surface area contributed by atoms with E-state index in [2.05, 4.69) is 15.4 Å². The Morgan fingerprint density at radius 3 is 2.42 bits per heavy atom. The third-order valence-corrected chi connectivity index (χ3v) is 3.65. The molecule has 3 rings (SSSR count). The van der Waals surface area contributed by atoms with Crippen molar-refractivity contribution >= 4 is 17.6 Å². The number of anilines is 1. The molecule has 1 aromatic heterocycles. The van der Waals surface area contributed by atoms with Crippen LogP contribution < -0.4 is 5.32 Å². The number of hydrogen-bond acceptors (Lipinski definition) is 5. The van der Waals surface area contributed by atoms with Gasteiger partial charge in [0.05, 0.1) is 17.9 Å². The molecule has 0 aliphatic rings. The number of nitrogens with zero attached hydrogens (tertiary/aromatic N) is 3. The summed E-state index contributed by atoms with van der Waals surface area (Å²) < 4.78 is 6.46. The third-order valence-electron chi connectivity index (χ3n) is 3.65. The monoisotopic (exact) mass is 350 g/mol. The molecule has 3 aromatic rings. The summed E-state index contributed by atoms with van der Waals surface area (Å²) in [5.74, 6) is -0.774. The number of hydrogen-bond donors (Lipinski definition) is 1. The van der Waals surface area contributed by atoms with Crippen molar-refractivity contribution in [3.8, 4) is 5.69 Å². The number of carbonyl (C=O) groups excluding carboxylic acids is 2. The second kappa shape index (κ2) is 7.60. The predicted molar refractivity (Wildman–Crippen MR) is 96.4 cm³/mol. The molecule has 0 saturated carbocycles. The fourth-order valence-electron chi connectivity index (χ4n) is 2.28. The van der Waals surface area contributed by atoms with E-state index in [-0.39, 0.29) is 5.82 Å². The number of rotatable bonds is 5. The second-order valence-corrected chi connectivity index (χ2v) is 5.60. The highest BCUT2D eigenvalue weighted by Crippen LogP contribution is 2.12. The number of amides is 1. The molecule has 0 radical (unpaired) electrons. The molecule has 0 unspecified atom stereocenters. The number of benzene rings is 2. The summed E-state index contributed by atoms with van der Waals surface area (Å²) in [7, 11) is 0. The summed E-state index contributed by atoms with van der Waals surface area (Å²) in [6, 6.07) is 14.2. The Bertz CT molecular complexity index is 915. The van der Waals surface area contributed by atoms with E-state index in [0.29, 0.717) is 17.9 Å². The highest BCUT2D eigenvalue weighted by Gasteiger charge is 2.13. The van der Waals surface area contributed by atoms with E-state index in [4.69, 9.17) is 4.74 Å². The lowest BCUT2D eigenvalue weighted by atomic mass is 10.2. The van der Waals surface area contributed by atoms with E-state index in [1.807, 2.05) is 31.2 Å². The smallest absolute Gasteiger partial charge is 0.338 e. The second-order valence-electron chi connectivity index (χ2n) is 5.60. The van der Waals surface area contributed by atoms with E-state index >= 15 is 0 Å². The van der Waals surface area contributed by atoms with Crippen molar-refractivity contribution in [1.29, 1.82) is 0 Å². The van der Waals surface area contributed by atoms with Gasteiger partial charge in [-0.25, -0.2) is 14.5 Å². The molecule has 0 bridgehead atoms. The van der Waals surface area contributed by atoms with Gasteiger partial charge in [-0.05, 0) is 50.2 Å². The molecule has 132 valence electrons. The van der Waals surface area contributed by atoms with Crippen molar-refractivity contribution < 1.29 is 14.3 Å². The summed E-state index contributed by atoms with van der Waals surface area (Å²) in [4.78, 5) is 28.0. The van der Waals surface area contributed by atoms with Crippen molar-refractivity contribution in [2.75, 3.05) is 11.9 Å². The zero-order valence-electron chi connectivity index (χ0n) is 14.5. The highest BCUT2D eigenvalue weighted by molar-refractivity contribution is 6.01. The summed E-state index contributed by atoms with van der Waals surface area (Å²) in [6.07, 6.45) is 1.49. The van der Waals surface area contributed by atoms with Gasteiger partial charge < -0.3 is 10.1 Å². The number of aromatic nitrogens is 3. The van der Waals surface area contributed by atoms with Gasteiger partial charge in [-0.2, -0.15) is 0 Å². The third kappa shape index (κ3) is 3.94. The van der Waals surface area contributed by atoms with Crippen LogP contribution in [0.4, 0.5) is 5.69 Å². The Morgan fingerprint density at radius 2 is 1.77 bits per heavy atom. The molecule has 2 aromatic carbocycles. The van der Waals surface area contributed by atoms with E-state index in [1.165, 1.54) is 11.0 Å². The largest absolute Gasteiger partial charge is 0.462 e. The van der Waals surface area contributed by atoms with Crippen molar-refractivity contribution in [2.24, 2.45) is 0 Å². The van der Waals surface area contributed by atoms with Gasteiger partial charge in [0.15, 0.2) is 0 Å². The Hall–Kier alpha value is -3.48. The first-order chi connectivity index (χ1) is 12.6. The first kappa shape index (κ1) is 17.3. The standard InChI is InChI=1S/C19H18N4O3/c1-3-26-19(25)14-6-8-15(9-7-14)21-18(24)17-20-12-23(22-17)16-10-4-13(2)5-11-16/h4-12H,3H2,1-2H3,(H,21,24). The number of carbonyl (C=O) groups is 2. The minimum atomic E-state index is -0.431. The molecule has 1 N–H and O–H groups in total.